The molecular formula is C18H21N3. The summed E-state index contributed by atoms with van der Waals surface area (Å²) in [6, 6.07) is 19.2. The van der Waals surface area contributed by atoms with Crippen LogP contribution in [0.3, 0.4) is 0 Å². The molecule has 3 rings (SSSR count). The van der Waals surface area contributed by atoms with E-state index in [9.17, 15) is 0 Å². The molecule has 0 fully saturated rings. The van der Waals surface area contributed by atoms with Gasteiger partial charge >= 0.3 is 0 Å². The van der Waals surface area contributed by atoms with E-state index in [1.54, 1.807) is 0 Å². The van der Waals surface area contributed by atoms with E-state index in [0.29, 0.717) is 6.54 Å². The van der Waals surface area contributed by atoms with E-state index in [0.717, 1.165) is 24.2 Å². The smallest absolute Gasteiger partial charge is 0.110 e. The summed E-state index contributed by atoms with van der Waals surface area (Å²) in [7, 11) is 0. The topological polar surface area (TPSA) is 43.8 Å². The molecule has 1 aromatic heterocycles. The summed E-state index contributed by atoms with van der Waals surface area (Å²) in [4.78, 5) is 4.80. The second kappa shape index (κ2) is 6.10. The fraction of sp³-hybridized carbons (Fsp3) is 0.278. The van der Waals surface area contributed by atoms with Crippen molar-refractivity contribution in [2.24, 2.45) is 5.73 Å². The number of aromatic nitrogens is 2. The van der Waals surface area contributed by atoms with Gasteiger partial charge in [-0.25, -0.2) is 4.98 Å². The number of fused-ring (bicyclic) bond motifs is 1. The Bertz CT molecular complexity index is 716. The molecule has 1 atom stereocenters. The van der Waals surface area contributed by atoms with Crippen molar-refractivity contribution in [3.8, 4) is 0 Å². The van der Waals surface area contributed by atoms with Gasteiger partial charge in [-0.3, -0.25) is 0 Å². The lowest BCUT2D eigenvalue weighted by molar-refractivity contribution is 0.607. The first-order chi connectivity index (χ1) is 10.3. The van der Waals surface area contributed by atoms with Crippen LogP contribution in [0.25, 0.3) is 11.0 Å². The molecule has 0 spiro atoms. The Morgan fingerprint density at radius 2 is 1.76 bits per heavy atom. The number of hydrogen-bond acceptors (Lipinski definition) is 2. The zero-order valence-corrected chi connectivity index (χ0v) is 12.4. The van der Waals surface area contributed by atoms with Crippen LogP contribution >= 0.6 is 0 Å². The third-order valence-corrected chi connectivity index (χ3v) is 3.94. The molecule has 3 nitrogen and oxygen atoms in total. The van der Waals surface area contributed by atoms with Gasteiger partial charge in [0.05, 0.1) is 17.1 Å². The van der Waals surface area contributed by atoms with Crippen molar-refractivity contribution >= 4 is 11.0 Å². The Hall–Kier alpha value is -2.13. The predicted octanol–water partition coefficient (Wildman–Crippen LogP) is 3.54. The number of hydrogen-bond donors (Lipinski definition) is 1. The molecule has 2 N–H and O–H groups in total. The normalized spacial score (nSPS) is 12.7. The monoisotopic (exact) mass is 279 g/mol. The Balaban J connectivity index is 2.10. The van der Waals surface area contributed by atoms with E-state index in [-0.39, 0.29) is 6.04 Å². The molecule has 0 bridgehead atoms. The zero-order valence-electron chi connectivity index (χ0n) is 12.4. The highest BCUT2D eigenvalue weighted by atomic mass is 15.1. The van der Waals surface area contributed by atoms with Crippen LogP contribution in [0.4, 0.5) is 0 Å². The highest BCUT2D eigenvalue weighted by Gasteiger charge is 2.16. The van der Waals surface area contributed by atoms with E-state index in [2.05, 4.69) is 60.0 Å². The summed E-state index contributed by atoms with van der Waals surface area (Å²) in [5, 5.41) is 0. The maximum absolute atomic E-state index is 5.67. The molecule has 3 aromatic rings. The second-order valence-corrected chi connectivity index (χ2v) is 5.37. The first-order valence-electron chi connectivity index (χ1n) is 7.52. The number of nitrogens with zero attached hydrogens (tertiary/aromatic N) is 2. The van der Waals surface area contributed by atoms with Crippen molar-refractivity contribution in [1.29, 1.82) is 0 Å². The quantitative estimate of drug-likeness (QED) is 0.776. The van der Waals surface area contributed by atoms with Gasteiger partial charge in [-0.05, 0) is 37.6 Å². The van der Waals surface area contributed by atoms with Gasteiger partial charge in [0.2, 0.25) is 0 Å². The number of imidazole rings is 1. The van der Waals surface area contributed by atoms with E-state index in [1.807, 2.05) is 6.07 Å². The summed E-state index contributed by atoms with van der Waals surface area (Å²) < 4.78 is 2.35. The van der Waals surface area contributed by atoms with Crippen LogP contribution in [0, 0.1) is 0 Å². The standard InChI is InChI=1S/C18H21N3/c1-14(15-8-3-2-4-9-15)21-17-11-6-5-10-16(17)20-18(21)12-7-13-19/h2-6,8-11,14H,7,12-13,19H2,1H3. The van der Waals surface area contributed by atoms with Crippen LogP contribution < -0.4 is 5.73 Å². The minimum Gasteiger partial charge on any atom is -0.330 e. The molecule has 108 valence electrons. The molecule has 0 aliphatic rings. The SMILES string of the molecule is CC(c1ccccc1)n1c(CCCN)nc2ccccc21. The molecule has 0 saturated carbocycles. The van der Waals surface area contributed by atoms with Gasteiger partial charge in [0.25, 0.3) is 0 Å². The van der Waals surface area contributed by atoms with Crippen LogP contribution in [0.1, 0.15) is 30.8 Å². The number of rotatable bonds is 5. The zero-order chi connectivity index (χ0) is 14.7. The molecule has 3 heteroatoms. The van der Waals surface area contributed by atoms with Crippen LogP contribution in [-0.4, -0.2) is 16.1 Å². The van der Waals surface area contributed by atoms with Crippen molar-refractivity contribution in [1.82, 2.24) is 9.55 Å². The molecule has 0 aliphatic carbocycles. The molecule has 0 aliphatic heterocycles. The number of benzene rings is 2. The maximum Gasteiger partial charge on any atom is 0.110 e. The fourth-order valence-corrected chi connectivity index (χ4v) is 2.84. The molecule has 2 aromatic carbocycles. The largest absolute Gasteiger partial charge is 0.330 e. The first kappa shape index (κ1) is 13.8. The van der Waals surface area contributed by atoms with E-state index < -0.39 is 0 Å². The minimum atomic E-state index is 0.270. The Morgan fingerprint density at radius 3 is 2.52 bits per heavy atom. The van der Waals surface area contributed by atoms with E-state index >= 15 is 0 Å². The summed E-state index contributed by atoms with van der Waals surface area (Å²) in [5.41, 5.74) is 9.23. The molecule has 0 saturated heterocycles. The molecule has 1 unspecified atom stereocenters. The van der Waals surface area contributed by atoms with E-state index in [4.69, 9.17) is 10.7 Å². The number of aryl methyl sites for hydroxylation is 1. The Kier molecular flexibility index (Phi) is 4.02. The van der Waals surface area contributed by atoms with Crippen LogP contribution in [0.5, 0.6) is 0 Å². The van der Waals surface area contributed by atoms with Crippen molar-refractivity contribution in [2.75, 3.05) is 6.54 Å². The predicted molar refractivity (Wildman–Crippen MR) is 87.4 cm³/mol. The average molecular weight is 279 g/mol. The summed E-state index contributed by atoms with van der Waals surface area (Å²) in [6.07, 6.45) is 1.88. The summed E-state index contributed by atoms with van der Waals surface area (Å²) in [6.45, 7) is 2.93. The third-order valence-electron chi connectivity index (χ3n) is 3.94. The van der Waals surface area contributed by atoms with Crippen molar-refractivity contribution in [3.05, 3.63) is 66.0 Å². The second-order valence-electron chi connectivity index (χ2n) is 5.37. The lowest BCUT2D eigenvalue weighted by atomic mass is 10.1. The van der Waals surface area contributed by atoms with Crippen molar-refractivity contribution < 1.29 is 0 Å². The number of para-hydroxylation sites is 2. The summed E-state index contributed by atoms with van der Waals surface area (Å²) in [5.74, 6) is 1.12. The van der Waals surface area contributed by atoms with Gasteiger partial charge in [-0.2, -0.15) is 0 Å². The van der Waals surface area contributed by atoms with Crippen molar-refractivity contribution in [2.45, 2.75) is 25.8 Å². The first-order valence-corrected chi connectivity index (χ1v) is 7.52. The lowest BCUT2D eigenvalue weighted by Crippen LogP contribution is -2.12. The lowest BCUT2D eigenvalue weighted by Gasteiger charge is -2.18. The molecule has 0 radical (unpaired) electrons. The molecular weight excluding hydrogens is 258 g/mol. The van der Waals surface area contributed by atoms with Gasteiger partial charge in [0, 0.05) is 6.42 Å². The van der Waals surface area contributed by atoms with Gasteiger partial charge in [-0.15, -0.1) is 0 Å². The van der Waals surface area contributed by atoms with E-state index in [1.165, 1.54) is 11.1 Å². The van der Waals surface area contributed by atoms with Crippen LogP contribution in [0.2, 0.25) is 0 Å². The number of nitrogens with two attached hydrogens (primary N) is 1. The van der Waals surface area contributed by atoms with Gasteiger partial charge < -0.3 is 10.3 Å². The Morgan fingerprint density at radius 1 is 1.05 bits per heavy atom. The van der Waals surface area contributed by atoms with Crippen LogP contribution in [0.15, 0.2) is 54.6 Å². The van der Waals surface area contributed by atoms with Crippen molar-refractivity contribution in [3.63, 3.8) is 0 Å². The van der Waals surface area contributed by atoms with Crippen LogP contribution in [-0.2, 0) is 6.42 Å². The average Bonchev–Trinajstić information content (AvgIpc) is 2.91. The third kappa shape index (κ3) is 2.69. The van der Waals surface area contributed by atoms with Gasteiger partial charge in [0.15, 0.2) is 0 Å². The van der Waals surface area contributed by atoms with Gasteiger partial charge in [-0.1, -0.05) is 42.5 Å². The van der Waals surface area contributed by atoms with Gasteiger partial charge in [0.1, 0.15) is 5.82 Å². The fourth-order valence-electron chi connectivity index (χ4n) is 2.84. The molecule has 1 heterocycles. The summed E-state index contributed by atoms with van der Waals surface area (Å²) >= 11 is 0. The Labute approximate surface area is 125 Å². The highest BCUT2D eigenvalue weighted by molar-refractivity contribution is 5.76. The minimum absolute atomic E-state index is 0.270. The molecule has 21 heavy (non-hydrogen) atoms. The molecule has 0 amide bonds. The highest BCUT2D eigenvalue weighted by Crippen LogP contribution is 2.26. The maximum atomic E-state index is 5.67.